The minimum absolute atomic E-state index is 0.0202. The fraction of sp³-hybridized carbons (Fsp3) is 0.833. The molecule has 0 radical (unpaired) electrons. The lowest BCUT2D eigenvalue weighted by Gasteiger charge is -2.11. The average Bonchev–Trinajstić information content (AvgIpc) is 3.07. The van der Waals surface area contributed by atoms with E-state index in [9.17, 15) is 0 Å². The van der Waals surface area contributed by atoms with E-state index in [4.69, 9.17) is 9.26 Å². The van der Waals surface area contributed by atoms with Gasteiger partial charge in [0, 0.05) is 6.61 Å². The van der Waals surface area contributed by atoms with E-state index < -0.39 is 0 Å². The third-order valence-electron chi connectivity index (χ3n) is 3.16. The van der Waals surface area contributed by atoms with Gasteiger partial charge in [-0.15, -0.1) is 0 Å². The molecule has 1 aromatic rings. The topological polar surface area (TPSA) is 60.2 Å². The molecule has 1 aliphatic carbocycles. The van der Waals surface area contributed by atoms with Crippen LogP contribution in [0.5, 0.6) is 0 Å². The Labute approximate surface area is 102 Å². The maximum Gasteiger partial charge on any atom is 0.243 e. The van der Waals surface area contributed by atoms with E-state index in [1.807, 2.05) is 14.0 Å². The molecule has 1 N–H and O–H groups in total. The Morgan fingerprint density at radius 2 is 2.24 bits per heavy atom. The second kappa shape index (κ2) is 5.60. The van der Waals surface area contributed by atoms with Crippen molar-refractivity contribution in [2.75, 3.05) is 13.7 Å². The zero-order valence-corrected chi connectivity index (χ0v) is 10.8. The van der Waals surface area contributed by atoms with Gasteiger partial charge in [0.25, 0.3) is 0 Å². The number of nitrogens with zero attached hydrogens (tertiary/aromatic N) is 2. The summed E-state index contributed by atoms with van der Waals surface area (Å²) < 4.78 is 11.0. The van der Waals surface area contributed by atoms with Gasteiger partial charge in [-0.05, 0) is 39.2 Å². The fourth-order valence-electron chi connectivity index (χ4n) is 2.01. The minimum atomic E-state index is 0.0202. The number of rotatable bonds is 7. The summed E-state index contributed by atoms with van der Waals surface area (Å²) in [5.74, 6) is 1.95. The van der Waals surface area contributed by atoms with Gasteiger partial charge >= 0.3 is 0 Å². The van der Waals surface area contributed by atoms with Crippen LogP contribution in [0.25, 0.3) is 0 Å². The summed E-state index contributed by atoms with van der Waals surface area (Å²) in [5, 5.41) is 7.22. The highest BCUT2D eigenvalue weighted by molar-refractivity contribution is 5.00. The summed E-state index contributed by atoms with van der Waals surface area (Å²) in [6.45, 7) is 4.78. The van der Waals surface area contributed by atoms with Gasteiger partial charge in [-0.2, -0.15) is 4.98 Å². The van der Waals surface area contributed by atoms with Gasteiger partial charge in [0.05, 0.1) is 6.04 Å². The molecule has 1 heterocycles. The van der Waals surface area contributed by atoms with Crippen molar-refractivity contribution in [1.29, 1.82) is 0 Å². The highest BCUT2D eigenvalue weighted by atomic mass is 16.5. The van der Waals surface area contributed by atoms with Crippen molar-refractivity contribution in [3.05, 3.63) is 11.7 Å². The Morgan fingerprint density at radius 1 is 1.47 bits per heavy atom. The maximum absolute atomic E-state index is 5.71. The molecule has 2 rings (SSSR count). The van der Waals surface area contributed by atoms with Crippen LogP contribution >= 0.6 is 0 Å². The number of hydrogen-bond donors (Lipinski definition) is 1. The molecular formula is C12H21N3O2. The molecule has 5 nitrogen and oxygen atoms in total. The highest BCUT2D eigenvalue weighted by Crippen LogP contribution is 2.42. The largest absolute Gasteiger partial charge is 0.370 e. The number of aromatic nitrogens is 2. The first kappa shape index (κ1) is 12.5. The lowest BCUT2D eigenvalue weighted by molar-refractivity contribution is 0.0384. The standard InChI is InChI=1S/C12H21N3O2/c1-4-9(13-3)12-14-11(15-17-12)10(16-5-2)8-6-7-8/h8-10,13H,4-7H2,1-3H3. The summed E-state index contributed by atoms with van der Waals surface area (Å²) in [5.41, 5.74) is 0. The molecule has 1 saturated carbocycles. The van der Waals surface area contributed by atoms with Gasteiger partial charge in [-0.1, -0.05) is 12.1 Å². The molecule has 1 fully saturated rings. The summed E-state index contributed by atoms with van der Waals surface area (Å²) in [7, 11) is 1.90. The molecule has 0 amide bonds. The van der Waals surface area contributed by atoms with Crippen molar-refractivity contribution in [3.63, 3.8) is 0 Å². The van der Waals surface area contributed by atoms with Crippen molar-refractivity contribution >= 4 is 0 Å². The van der Waals surface area contributed by atoms with Gasteiger partial charge in [0.1, 0.15) is 6.10 Å². The van der Waals surface area contributed by atoms with Crippen LogP contribution in [0.1, 0.15) is 57.0 Å². The predicted molar refractivity (Wildman–Crippen MR) is 63.5 cm³/mol. The van der Waals surface area contributed by atoms with E-state index in [0.717, 1.165) is 6.42 Å². The van der Waals surface area contributed by atoms with E-state index in [2.05, 4.69) is 22.4 Å². The van der Waals surface area contributed by atoms with Crippen LogP contribution in [-0.2, 0) is 4.74 Å². The van der Waals surface area contributed by atoms with Crippen LogP contribution in [-0.4, -0.2) is 23.8 Å². The van der Waals surface area contributed by atoms with Crippen LogP contribution in [0, 0.1) is 5.92 Å². The first-order chi connectivity index (χ1) is 8.30. The first-order valence-corrected chi connectivity index (χ1v) is 6.42. The van der Waals surface area contributed by atoms with E-state index in [0.29, 0.717) is 24.2 Å². The molecular weight excluding hydrogens is 218 g/mol. The zero-order chi connectivity index (χ0) is 12.3. The van der Waals surface area contributed by atoms with Crippen molar-refractivity contribution in [2.24, 2.45) is 5.92 Å². The molecule has 17 heavy (non-hydrogen) atoms. The summed E-state index contributed by atoms with van der Waals surface area (Å²) in [4.78, 5) is 4.47. The molecule has 0 spiro atoms. The second-order valence-corrected chi connectivity index (χ2v) is 4.45. The van der Waals surface area contributed by atoms with E-state index in [1.165, 1.54) is 12.8 Å². The predicted octanol–water partition coefficient (Wildman–Crippen LogP) is 2.23. The summed E-state index contributed by atoms with van der Waals surface area (Å²) in [6.07, 6.45) is 3.36. The molecule has 5 heteroatoms. The Hall–Kier alpha value is -0.940. The van der Waals surface area contributed by atoms with Crippen molar-refractivity contribution in [2.45, 2.75) is 45.3 Å². The third kappa shape index (κ3) is 2.84. The van der Waals surface area contributed by atoms with Gasteiger partial charge < -0.3 is 14.6 Å². The molecule has 1 aromatic heterocycles. The number of hydrogen-bond acceptors (Lipinski definition) is 5. The van der Waals surface area contributed by atoms with Crippen LogP contribution in [0.3, 0.4) is 0 Å². The van der Waals surface area contributed by atoms with Gasteiger partial charge in [0.15, 0.2) is 0 Å². The molecule has 0 aliphatic heterocycles. The Kier molecular flexibility index (Phi) is 4.12. The maximum atomic E-state index is 5.71. The molecule has 0 aromatic carbocycles. The summed E-state index contributed by atoms with van der Waals surface area (Å²) >= 11 is 0. The van der Waals surface area contributed by atoms with Crippen LogP contribution in [0.2, 0.25) is 0 Å². The monoisotopic (exact) mass is 239 g/mol. The number of ether oxygens (including phenoxy) is 1. The normalized spacial score (nSPS) is 19.2. The highest BCUT2D eigenvalue weighted by Gasteiger charge is 2.36. The van der Waals surface area contributed by atoms with E-state index >= 15 is 0 Å². The second-order valence-electron chi connectivity index (χ2n) is 4.45. The molecule has 1 aliphatic rings. The fourth-order valence-corrected chi connectivity index (χ4v) is 2.01. The van der Waals surface area contributed by atoms with Gasteiger partial charge in [-0.3, -0.25) is 0 Å². The van der Waals surface area contributed by atoms with Crippen molar-refractivity contribution < 1.29 is 9.26 Å². The minimum Gasteiger partial charge on any atom is -0.370 e. The third-order valence-corrected chi connectivity index (χ3v) is 3.16. The lowest BCUT2D eigenvalue weighted by Crippen LogP contribution is -2.16. The molecule has 0 saturated heterocycles. The van der Waals surface area contributed by atoms with Gasteiger partial charge in [-0.25, -0.2) is 0 Å². The molecule has 96 valence electrons. The summed E-state index contributed by atoms with van der Waals surface area (Å²) in [6, 6.07) is 0.137. The van der Waals surface area contributed by atoms with Crippen LogP contribution in [0.4, 0.5) is 0 Å². The molecule has 2 unspecified atom stereocenters. The Morgan fingerprint density at radius 3 is 2.76 bits per heavy atom. The first-order valence-electron chi connectivity index (χ1n) is 6.42. The Balaban J connectivity index is 2.09. The van der Waals surface area contributed by atoms with Crippen LogP contribution in [0.15, 0.2) is 4.52 Å². The SMILES string of the molecule is CCOC(c1noc(C(CC)NC)n1)C1CC1. The lowest BCUT2D eigenvalue weighted by atomic mass is 10.2. The number of nitrogens with one attached hydrogen (secondary N) is 1. The van der Waals surface area contributed by atoms with Crippen LogP contribution < -0.4 is 5.32 Å². The van der Waals surface area contributed by atoms with E-state index in [1.54, 1.807) is 0 Å². The van der Waals surface area contributed by atoms with Crippen molar-refractivity contribution in [1.82, 2.24) is 15.5 Å². The Bertz CT molecular complexity index is 345. The van der Waals surface area contributed by atoms with Gasteiger partial charge in [0.2, 0.25) is 11.7 Å². The quantitative estimate of drug-likeness (QED) is 0.790. The van der Waals surface area contributed by atoms with Crippen molar-refractivity contribution in [3.8, 4) is 0 Å². The van der Waals surface area contributed by atoms with E-state index in [-0.39, 0.29) is 12.1 Å². The average molecular weight is 239 g/mol. The smallest absolute Gasteiger partial charge is 0.243 e. The zero-order valence-electron chi connectivity index (χ0n) is 10.8. The molecule has 0 bridgehead atoms. The molecule has 2 atom stereocenters.